The average molecular weight is 556 g/mol. The highest BCUT2D eigenvalue weighted by Gasteiger charge is 2.42. The summed E-state index contributed by atoms with van der Waals surface area (Å²) in [6.07, 6.45) is 18.0. The highest BCUT2D eigenvalue weighted by atomic mass is 28.4. The van der Waals surface area contributed by atoms with Gasteiger partial charge in [-0.1, -0.05) is 104 Å². The highest BCUT2D eigenvalue weighted by Crippen LogP contribution is 2.38. The van der Waals surface area contributed by atoms with Gasteiger partial charge >= 0.3 is 12.1 Å². The number of hydrogen-bond donors (Lipinski definition) is 1. The average Bonchev–Trinajstić information content (AvgIpc) is 2.78. The summed E-state index contributed by atoms with van der Waals surface area (Å²) in [5.41, 5.74) is -0.677. The smallest absolute Gasteiger partial charge is 0.408 e. The Morgan fingerprint density at radius 2 is 1.32 bits per heavy atom. The van der Waals surface area contributed by atoms with Gasteiger partial charge in [0.15, 0.2) is 14.4 Å². The molecule has 38 heavy (non-hydrogen) atoms. The largest absolute Gasteiger partial charge is 0.464 e. The molecule has 0 radical (unpaired) electrons. The lowest BCUT2D eigenvalue weighted by molar-refractivity contribution is -0.147. The number of hydrogen-bond acceptors (Lipinski definition) is 5. The molecular weight excluding hydrogens is 494 g/mol. The summed E-state index contributed by atoms with van der Waals surface area (Å²) in [4.78, 5) is 25.6. The van der Waals surface area contributed by atoms with Crippen LogP contribution in [0.15, 0.2) is 12.2 Å². The van der Waals surface area contributed by atoms with Crippen LogP contribution in [-0.2, 0) is 18.7 Å². The van der Waals surface area contributed by atoms with E-state index in [0.29, 0.717) is 0 Å². The first-order chi connectivity index (χ1) is 17.6. The summed E-state index contributed by atoms with van der Waals surface area (Å²) < 4.78 is 17.4. The fourth-order valence-corrected chi connectivity index (χ4v) is 5.08. The van der Waals surface area contributed by atoms with Crippen LogP contribution in [0.2, 0.25) is 18.1 Å². The fraction of sp³-hybridized carbons (Fsp3) is 0.871. The molecule has 0 aliphatic heterocycles. The number of carbonyl (C=O) groups excluding carboxylic acids is 2. The van der Waals surface area contributed by atoms with Crippen molar-refractivity contribution in [1.82, 2.24) is 5.32 Å². The number of allylic oxidation sites excluding steroid dienone is 1. The van der Waals surface area contributed by atoms with Crippen LogP contribution in [-0.4, -0.2) is 44.7 Å². The molecule has 1 amide bonds. The minimum absolute atomic E-state index is 0.0553. The summed E-state index contributed by atoms with van der Waals surface area (Å²) in [5, 5.41) is 2.68. The molecule has 0 rings (SSSR count). The number of unbranched alkanes of at least 4 members (excludes halogenated alkanes) is 11. The first-order valence-electron chi connectivity index (χ1n) is 15.1. The van der Waals surface area contributed by atoms with E-state index in [1.807, 2.05) is 6.08 Å². The molecule has 0 aromatic rings. The zero-order chi connectivity index (χ0) is 29.2. The summed E-state index contributed by atoms with van der Waals surface area (Å²) in [6, 6.07) is -0.979. The van der Waals surface area contributed by atoms with Gasteiger partial charge in [-0.25, -0.2) is 9.59 Å². The third-order valence-electron chi connectivity index (χ3n) is 7.08. The Labute approximate surface area is 236 Å². The minimum atomic E-state index is -2.25. The van der Waals surface area contributed by atoms with Gasteiger partial charge in [0.1, 0.15) is 5.60 Å². The van der Waals surface area contributed by atoms with Crippen molar-refractivity contribution in [2.75, 3.05) is 6.61 Å². The molecule has 0 aromatic heterocycles. The van der Waals surface area contributed by atoms with E-state index < -0.39 is 38.1 Å². The van der Waals surface area contributed by atoms with Crippen molar-refractivity contribution in [3.8, 4) is 0 Å². The second-order valence-corrected chi connectivity index (χ2v) is 17.7. The summed E-state index contributed by atoms with van der Waals surface area (Å²) >= 11 is 0. The van der Waals surface area contributed by atoms with Gasteiger partial charge in [-0.2, -0.15) is 0 Å². The zero-order valence-corrected chi connectivity index (χ0v) is 27.5. The Kier molecular flexibility index (Phi) is 18.2. The van der Waals surface area contributed by atoms with E-state index in [4.69, 9.17) is 13.9 Å². The van der Waals surface area contributed by atoms with Crippen LogP contribution in [0.1, 0.15) is 132 Å². The van der Waals surface area contributed by atoms with E-state index in [-0.39, 0.29) is 11.6 Å². The van der Waals surface area contributed by atoms with Crippen LogP contribution >= 0.6 is 0 Å². The van der Waals surface area contributed by atoms with Crippen molar-refractivity contribution in [3.05, 3.63) is 12.2 Å². The number of rotatable bonds is 19. The summed E-state index contributed by atoms with van der Waals surface area (Å²) in [7, 11) is -2.25. The lowest BCUT2D eigenvalue weighted by Gasteiger charge is -2.40. The second kappa shape index (κ2) is 18.9. The first kappa shape index (κ1) is 36.7. The molecule has 0 aliphatic rings. The van der Waals surface area contributed by atoms with Crippen LogP contribution in [0.3, 0.4) is 0 Å². The number of amides is 1. The Bertz CT molecular complexity index is 679. The molecule has 0 unspecified atom stereocenters. The van der Waals surface area contributed by atoms with Gasteiger partial charge in [-0.15, -0.1) is 0 Å². The monoisotopic (exact) mass is 555 g/mol. The molecule has 2 atom stereocenters. The van der Waals surface area contributed by atoms with Gasteiger partial charge in [0.05, 0.1) is 12.7 Å². The predicted octanol–water partition coefficient (Wildman–Crippen LogP) is 9.09. The first-order valence-corrected chi connectivity index (χ1v) is 18.1. The lowest BCUT2D eigenvalue weighted by Crippen LogP contribution is -2.55. The summed E-state index contributed by atoms with van der Waals surface area (Å²) in [6.45, 7) is 20.4. The molecule has 0 bridgehead atoms. The number of ether oxygens (including phenoxy) is 2. The topological polar surface area (TPSA) is 73.9 Å². The molecule has 0 aromatic carbocycles. The van der Waals surface area contributed by atoms with Crippen molar-refractivity contribution in [1.29, 1.82) is 0 Å². The maximum absolute atomic E-state index is 13.0. The van der Waals surface area contributed by atoms with Gasteiger partial charge in [0.25, 0.3) is 0 Å². The van der Waals surface area contributed by atoms with E-state index >= 15 is 0 Å². The summed E-state index contributed by atoms with van der Waals surface area (Å²) in [5.74, 6) is -0.513. The Morgan fingerprint density at radius 1 is 0.816 bits per heavy atom. The van der Waals surface area contributed by atoms with Gasteiger partial charge in [-0.3, -0.25) is 0 Å². The fourth-order valence-electron chi connectivity index (χ4n) is 3.83. The quantitative estimate of drug-likeness (QED) is 0.0744. The van der Waals surface area contributed by atoms with Gasteiger partial charge < -0.3 is 19.2 Å². The SMILES string of the molecule is CCCCCCCCCCCCC/C=C/[C@@H](O[Si](C)(C)C(C)(C)C)[C@@H](NC(=O)OC(C)(C)C)C(=O)OCC. The molecule has 0 fully saturated rings. The maximum Gasteiger partial charge on any atom is 0.408 e. The van der Waals surface area contributed by atoms with Crippen LogP contribution in [0.25, 0.3) is 0 Å². The van der Waals surface area contributed by atoms with E-state index in [1.54, 1.807) is 27.7 Å². The number of alkyl carbamates (subject to hydrolysis) is 1. The molecule has 1 N–H and O–H groups in total. The molecule has 7 heteroatoms. The Balaban J connectivity index is 5.14. The third kappa shape index (κ3) is 17.3. The molecule has 0 saturated carbocycles. The van der Waals surface area contributed by atoms with Crippen LogP contribution < -0.4 is 5.32 Å². The van der Waals surface area contributed by atoms with Gasteiger partial charge in [0, 0.05) is 0 Å². The molecule has 224 valence electrons. The minimum Gasteiger partial charge on any atom is -0.464 e. The Hall–Kier alpha value is -1.34. The predicted molar refractivity (Wildman–Crippen MR) is 162 cm³/mol. The number of carbonyl (C=O) groups is 2. The van der Waals surface area contributed by atoms with Crippen molar-refractivity contribution >= 4 is 20.4 Å². The van der Waals surface area contributed by atoms with E-state index in [0.717, 1.165) is 12.8 Å². The Morgan fingerprint density at radius 3 is 1.76 bits per heavy atom. The zero-order valence-electron chi connectivity index (χ0n) is 26.5. The maximum atomic E-state index is 13.0. The standard InChI is InChI=1S/C31H61NO5Si/c1-11-13-14-15-16-17-18-19-20-21-22-23-24-25-26(37-38(9,10)31(6,7)8)27(28(33)35-12-2)32-29(34)36-30(3,4)5/h24-27H,11-23H2,1-10H3,(H,32,34)/b25-24+/t26-,27-/m1/s1. The van der Waals surface area contributed by atoms with Crippen molar-refractivity contribution in [2.24, 2.45) is 0 Å². The molecule has 0 aliphatic carbocycles. The van der Waals surface area contributed by atoms with E-state index in [9.17, 15) is 9.59 Å². The van der Waals surface area contributed by atoms with Crippen LogP contribution in [0.5, 0.6) is 0 Å². The molecule has 0 spiro atoms. The van der Waals surface area contributed by atoms with Crippen LogP contribution in [0, 0.1) is 0 Å². The highest BCUT2D eigenvalue weighted by molar-refractivity contribution is 6.74. The van der Waals surface area contributed by atoms with Crippen molar-refractivity contribution in [2.45, 2.75) is 168 Å². The normalized spacial score (nSPS) is 14.4. The lowest BCUT2D eigenvalue weighted by atomic mass is 10.0. The molecule has 0 heterocycles. The van der Waals surface area contributed by atoms with E-state index in [1.165, 1.54) is 64.2 Å². The van der Waals surface area contributed by atoms with Gasteiger partial charge in [0.2, 0.25) is 0 Å². The van der Waals surface area contributed by atoms with Crippen molar-refractivity contribution < 1.29 is 23.5 Å². The van der Waals surface area contributed by atoms with E-state index in [2.05, 4.69) is 52.2 Å². The third-order valence-corrected chi connectivity index (χ3v) is 11.6. The number of esters is 1. The van der Waals surface area contributed by atoms with Crippen LogP contribution in [0.4, 0.5) is 4.79 Å². The molecule has 6 nitrogen and oxygen atoms in total. The molecule has 0 saturated heterocycles. The second-order valence-electron chi connectivity index (χ2n) is 13.0. The number of nitrogens with one attached hydrogen (secondary N) is 1. The van der Waals surface area contributed by atoms with Crippen molar-refractivity contribution in [3.63, 3.8) is 0 Å². The molecular formula is C31H61NO5Si. The van der Waals surface area contributed by atoms with Gasteiger partial charge in [-0.05, 0) is 58.7 Å².